The Labute approximate surface area is 184 Å². The second kappa shape index (κ2) is 14.2. The molecule has 0 aliphatic carbocycles. The van der Waals surface area contributed by atoms with Crippen molar-refractivity contribution in [1.29, 1.82) is 5.26 Å². The number of pyridine rings is 1. The molecule has 0 saturated carbocycles. The molecule has 5 nitrogen and oxygen atoms in total. The Morgan fingerprint density at radius 3 is 2.70 bits per heavy atom. The van der Waals surface area contributed by atoms with Gasteiger partial charge in [-0.05, 0) is 51.2 Å². The summed E-state index contributed by atoms with van der Waals surface area (Å²) in [5, 5.41) is 14.1. The van der Waals surface area contributed by atoms with Crippen LogP contribution in [0.2, 0.25) is 0 Å². The first-order valence-electron chi connectivity index (χ1n) is 9.70. The summed E-state index contributed by atoms with van der Waals surface area (Å²) in [6.45, 7) is 12.8. The van der Waals surface area contributed by atoms with Gasteiger partial charge in [0.2, 0.25) is 0 Å². The van der Waals surface area contributed by atoms with Crippen LogP contribution in [0.4, 0.5) is 0 Å². The van der Waals surface area contributed by atoms with Gasteiger partial charge in [-0.3, -0.25) is 14.9 Å². The van der Waals surface area contributed by atoms with Crippen molar-refractivity contribution in [3.63, 3.8) is 0 Å². The lowest BCUT2D eigenvalue weighted by Crippen LogP contribution is -2.24. The Bertz CT molecular complexity index is 940. The second-order valence-corrected chi connectivity index (χ2v) is 7.47. The normalized spacial score (nSPS) is 11.5. The van der Waals surface area contributed by atoms with Crippen LogP contribution in [0, 0.1) is 11.3 Å². The zero-order valence-electron chi connectivity index (χ0n) is 18.4. The van der Waals surface area contributed by atoms with E-state index < -0.39 is 0 Å². The first-order chi connectivity index (χ1) is 14.5. The fourth-order valence-corrected chi connectivity index (χ4v) is 3.02. The van der Waals surface area contributed by atoms with Crippen LogP contribution < -0.4 is 5.32 Å². The molecular weight excluding hydrogens is 390 g/mol. The third-order valence-electron chi connectivity index (χ3n) is 4.21. The van der Waals surface area contributed by atoms with Crippen molar-refractivity contribution in [1.82, 2.24) is 15.2 Å². The van der Waals surface area contributed by atoms with Crippen molar-refractivity contribution in [3.8, 4) is 6.07 Å². The van der Waals surface area contributed by atoms with E-state index in [0.717, 1.165) is 34.6 Å². The molecular formula is C24H31N5S. The molecule has 0 aliphatic rings. The number of fused-ring (bicyclic) bond motifs is 1. The van der Waals surface area contributed by atoms with E-state index in [-0.39, 0.29) is 0 Å². The Morgan fingerprint density at radius 2 is 2.10 bits per heavy atom. The summed E-state index contributed by atoms with van der Waals surface area (Å²) in [5.41, 5.74) is 3.66. The van der Waals surface area contributed by atoms with E-state index in [4.69, 9.17) is 0 Å². The largest absolute Gasteiger partial charge is 0.368 e. The fourth-order valence-electron chi connectivity index (χ4n) is 2.49. The third-order valence-corrected chi connectivity index (χ3v) is 4.92. The van der Waals surface area contributed by atoms with Gasteiger partial charge in [0.1, 0.15) is 6.07 Å². The van der Waals surface area contributed by atoms with Crippen molar-refractivity contribution in [2.75, 3.05) is 19.8 Å². The molecule has 158 valence electrons. The minimum Gasteiger partial charge on any atom is -0.368 e. The molecule has 0 spiro atoms. The molecule has 1 aromatic heterocycles. The number of aliphatic imine (C=N–C) groups is 1. The smallest absolute Gasteiger partial charge is 0.101 e. The number of hydrogen-bond donors (Lipinski definition) is 1. The number of nitriles is 1. The molecule has 0 saturated heterocycles. The highest BCUT2D eigenvalue weighted by Gasteiger charge is 2.08. The van der Waals surface area contributed by atoms with Crippen molar-refractivity contribution < 1.29 is 0 Å². The Hall–Kier alpha value is -2.88. The maximum absolute atomic E-state index is 9.19. The van der Waals surface area contributed by atoms with E-state index in [9.17, 15) is 5.26 Å². The van der Waals surface area contributed by atoms with Crippen LogP contribution in [0.5, 0.6) is 0 Å². The lowest BCUT2D eigenvalue weighted by Gasteiger charge is -2.16. The fraction of sp³-hybridized carbons (Fsp3) is 0.292. The summed E-state index contributed by atoms with van der Waals surface area (Å²) in [7, 11) is 2.02. The molecule has 0 fully saturated rings. The second-order valence-electron chi connectivity index (χ2n) is 6.59. The standard InChI is InChI=1S/C17H18N4S.C7H13N/c1-4-19-16(22-3)12-21(2)11-15-9-8-13-6-5-7-14(10-18)17(13)20-15;1-4-7(3)6-8-5-2/h4-9H,1,11-12H2,2-3H3;5-6,8H,2,4H2,1,3H3/b;7-6+. The first-order valence-corrected chi connectivity index (χ1v) is 10.9. The average molecular weight is 422 g/mol. The summed E-state index contributed by atoms with van der Waals surface area (Å²) in [4.78, 5) is 11.0. The van der Waals surface area contributed by atoms with Crippen LogP contribution in [0.15, 0.2) is 72.7 Å². The van der Waals surface area contributed by atoms with Gasteiger partial charge >= 0.3 is 0 Å². The van der Waals surface area contributed by atoms with Crippen molar-refractivity contribution in [2.45, 2.75) is 26.8 Å². The quantitative estimate of drug-likeness (QED) is 0.452. The van der Waals surface area contributed by atoms with Gasteiger partial charge in [0.05, 0.1) is 21.8 Å². The van der Waals surface area contributed by atoms with Crippen molar-refractivity contribution in [3.05, 3.63) is 78.9 Å². The summed E-state index contributed by atoms with van der Waals surface area (Å²) < 4.78 is 0. The van der Waals surface area contributed by atoms with Crippen molar-refractivity contribution in [2.24, 2.45) is 4.99 Å². The summed E-state index contributed by atoms with van der Waals surface area (Å²) in [6.07, 6.45) is 8.28. The van der Waals surface area contributed by atoms with E-state index in [1.165, 1.54) is 5.57 Å². The number of aromatic nitrogens is 1. The molecule has 1 N–H and O–H groups in total. The molecule has 0 aliphatic heterocycles. The monoisotopic (exact) mass is 421 g/mol. The average Bonchev–Trinajstić information content (AvgIpc) is 2.76. The van der Waals surface area contributed by atoms with Crippen LogP contribution in [-0.2, 0) is 6.54 Å². The van der Waals surface area contributed by atoms with Gasteiger partial charge in [-0.15, -0.1) is 11.8 Å². The third kappa shape index (κ3) is 8.64. The van der Waals surface area contributed by atoms with Gasteiger partial charge in [-0.25, -0.2) is 0 Å². The molecule has 6 heteroatoms. The van der Waals surface area contributed by atoms with Gasteiger partial charge < -0.3 is 5.32 Å². The lowest BCUT2D eigenvalue weighted by atomic mass is 10.1. The Kier molecular flexibility index (Phi) is 11.9. The highest BCUT2D eigenvalue weighted by atomic mass is 32.2. The van der Waals surface area contributed by atoms with Crippen LogP contribution in [0.1, 0.15) is 31.5 Å². The molecule has 2 aromatic rings. The van der Waals surface area contributed by atoms with Crippen LogP contribution in [0.25, 0.3) is 10.9 Å². The van der Waals surface area contributed by atoms with Gasteiger partial charge in [0.25, 0.3) is 0 Å². The number of allylic oxidation sites excluding steroid dienone is 1. The predicted octanol–water partition coefficient (Wildman–Crippen LogP) is 5.48. The highest BCUT2D eigenvalue weighted by molar-refractivity contribution is 8.13. The van der Waals surface area contributed by atoms with Gasteiger partial charge in [0, 0.05) is 24.7 Å². The molecule has 1 aromatic carbocycles. The Morgan fingerprint density at radius 1 is 1.33 bits per heavy atom. The number of rotatable bonds is 8. The van der Waals surface area contributed by atoms with E-state index in [2.05, 4.69) is 53.3 Å². The molecule has 0 bridgehead atoms. The number of benzene rings is 1. The van der Waals surface area contributed by atoms with Crippen molar-refractivity contribution >= 4 is 27.7 Å². The van der Waals surface area contributed by atoms with Gasteiger partial charge in [-0.1, -0.05) is 43.9 Å². The molecule has 30 heavy (non-hydrogen) atoms. The SMILES string of the molecule is C=CN/C=C(\C)CC.C=CN=C(CN(C)Cc1ccc2cccc(C#N)c2n1)SC. The number of nitrogens with one attached hydrogen (secondary N) is 1. The molecule has 0 radical (unpaired) electrons. The zero-order valence-corrected chi connectivity index (χ0v) is 19.2. The number of nitrogens with zero attached hydrogens (tertiary/aromatic N) is 4. The van der Waals surface area contributed by atoms with E-state index in [1.54, 1.807) is 30.2 Å². The lowest BCUT2D eigenvalue weighted by molar-refractivity contribution is 0.371. The molecule has 2 rings (SSSR count). The van der Waals surface area contributed by atoms with Crippen LogP contribution in [-0.4, -0.2) is 34.8 Å². The summed E-state index contributed by atoms with van der Waals surface area (Å²) in [5.74, 6) is 0. The number of hydrogen-bond acceptors (Lipinski definition) is 6. The number of thioether (sulfide) groups is 1. The van der Waals surface area contributed by atoms with E-state index in [0.29, 0.717) is 12.1 Å². The summed E-state index contributed by atoms with van der Waals surface area (Å²) >= 11 is 1.62. The topological polar surface area (TPSA) is 64.3 Å². The van der Waals surface area contributed by atoms with Gasteiger partial charge in [-0.2, -0.15) is 5.26 Å². The maximum atomic E-state index is 9.19. The minimum atomic E-state index is 0.611. The predicted molar refractivity (Wildman–Crippen MR) is 131 cm³/mol. The van der Waals surface area contributed by atoms with Gasteiger partial charge in [0.15, 0.2) is 0 Å². The zero-order chi connectivity index (χ0) is 22.4. The molecule has 0 amide bonds. The van der Waals surface area contributed by atoms with Crippen LogP contribution in [0.3, 0.4) is 0 Å². The summed E-state index contributed by atoms with van der Waals surface area (Å²) in [6, 6.07) is 11.9. The maximum Gasteiger partial charge on any atom is 0.101 e. The van der Waals surface area contributed by atoms with E-state index in [1.807, 2.05) is 43.8 Å². The highest BCUT2D eigenvalue weighted by Crippen LogP contribution is 2.17. The van der Waals surface area contributed by atoms with E-state index >= 15 is 0 Å². The first kappa shape index (κ1) is 25.2. The Balaban J connectivity index is 0.000000479. The minimum absolute atomic E-state index is 0.611. The molecule has 0 atom stereocenters. The number of para-hydroxylation sites is 1. The van der Waals surface area contributed by atoms with Crippen LogP contribution >= 0.6 is 11.8 Å². The molecule has 0 unspecified atom stereocenters. The molecule has 1 heterocycles.